The molecule has 3 aliphatic rings. The Morgan fingerprint density at radius 3 is 2.59 bits per heavy atom. The fourth-order valence-corrected chi connectivity index (χ4v) is 4.57. The normalized spacial score (nSPS) is 22.3. The van der Waals surface area contributed by atoms with Gasteiger partial charge in [0.25, 0.3) is 0 Å². The van der Waals surface area contributed by atoms with Crippen molar-refractivity contribution in [2.45, 2.75) is 38.5 Å². The largest absolute Gasteiger partial charge is 0.448 e. The topological polar surface area (TPSA) is 100 Å². The average Bonchev–Trinajstić information content (AvgIpc) is 3.49. The Balaban J connectivity index is 1.34. The predicted molar refractivity (Wildman–Crippen MR) is 111 cm³/mol. The maximum atomic E-state index is 13.5. The van der Waals surface area contributed by atoms with E-state index < -0.39 is 29.6 Å². The molecule has 5 rings (SSSR count). The molecule has 2 fully saturated rings. The summed E-state index contributed by atoms with van der Waals surface area (Å²) in [7, 11) is 0. The molecule has 0 spiro atoms. The predicted octanol–water partition coefficient (Wildman–Crippen LogP) is 2.29. The van der Waals surface area contributed by atoms with E-state index in [-0.39, 0.29) is 49.8 Å². The molecule has 2 aromatic rings. The van der Waals surface area contributed by atoms with Crippen molar-refractivity contribution in [1.29, 1.82) is 0 Å². The van der Waals surface area contributed by atoms with E-state index >= 15 is 0 Å². The number of halogens is 3. The standard InChI is InChI=1S/C21H21F3N6O4/c1-11-8-30-17(10-28(11)20(32)26-12-4-14(22)19(24)15(23)5-12)16(7-25-30)29-9-13(6-18(29)31)27-2-3-34-21(27)33/h4-5,7,11,13H,2-3,6,8-10H2,1H3,(H,26,32)/t11-,13?/m0/s1. The Bertz CT molecular complexity index is 1160. The molecule has 0 aliphatic carbocycles. The van der Waals surface area contributed by atoms with Crippen molar-refractivity contribution in [1.82, 2.24) is 19.6 Å². The summed E-state index contributed by atoms with van der Waals surface area (Å²) < 4.78 is 47.0. The van der Waals surface area contributed by atoms with E-state index in [0.29, 0.717) is 36.6 Å². The van der Waals surface area contributed by atoms with Crippen LogP contribution in [0.4, 0.5) is 34.1 Å². The van der Waals surface area contributed by atoms with Gasteiger partial charge in [-0.25, -0.2) is 22.8 Å². The van der Waals surface area contributed by atoms with Gasteiger partial charge in [0.1, 0.15) is 6.61 Å². The van der Waals surface area contributed by atoms with Crippen molar-refractivity contribution in [3.63, 3.8) is 0 Å². The second-order valence-corrected chi connectivity index (χ2v) is 8.49. The van der Waals surface area contributed by atoms with E-state index in [0.717, 1.165) is 0 Å². The molecule has 13 heteroatoms. The van der Waals surface area contributed by atoms with Gasteiger partial charge in [-0.15, -0.1) is 0 Å². The molecule has 2 saturated heterocycles. The highest BCUT2D eigenvalue weighted by atomic mass is 19.2. The number of carbonyl (C=O) groups excluding carboxylic acids is 3. The summed E-state index contributed by atoms with van der Waals surface area (Å²) in [6.45, 7) is 3.19. The zero-order valence-electron chi connectivity index (χ0n) is 18.1. The summed E-state index contributed by atoms with van der Waals surface area (Å²) >= 11 is 0. The summed E-state index contributed by atoms with van der Waals surface area (Å²) in [6.07, 6.45) is 1.26. The molecular formula is C21H21F3N6O4. The number of benzene rings is 1. The lowest BCUT2D eigenvalue weighted by Gasteiger charge is -2.35. The summed E-state index contributed by atoms with van der Waals surface area (Å²) in [5.41, 5.74) is 0.925. The number of hydrogen-bond donors (Lipinski definition) is 1. The number of amides is 4. The maximum Gasteiger partial charge on any atom is 0.410 e. The van der Waals surface area contributed by atoms with Gasteiger partial charge in [0.2, 0.25) is 5.91 Å². The zero-order valence-corrected chi connectivity index (χ0v) is 18.1. The van der Waals surface area contributed by atoms with Crippen molar-refractivity contribution in [3.05, 3.63) is 41.5 Å². The Kier molecular flexibility index (Phi) is 5.33. The van der Waals surface area contributed by atoms with Crippen LogP contribution in [0.25, 0.3) is 0 Å². The number of nitrogens with zero attached hydrogens (tertiary/aromatic N) is 5. The van der Waals surface area contributed by atoms with Crippen molar-refractivity contribution in [2.75, 3.05) is 29.9 Å². The summed E-state index contributed by atoms with van der Waals surface area (Å²) in [6, 6.07) is 0.127. The van der Waals surface area contributed by atoms with Crippen LogP contribution in [0.2, 0.25) is 0 Å². The number of anilines is 2. The first-order chi connectivity index (χ1) is 16.2. The number of rotatable bonds is 3. The molecule has 34 heavy (non-hydrogen) atoms. The minimum Gasteiger partial charge on any atom is -0.448 e. The summed E-state index contributed by atoms with van der Waals surface area (Å²) in [5.74, 6) is -4.61. The Hall–Kier alpha value is -3.77. The highest BCUT2D eigenvalue weighted by Gasteiger charge is 2.41. The van der Waals surface area contributed by atoms with Crippen molar-refractivity contribution >= 4 is 29.4 Å². The van der Waals surface area contributed by atoms with E-state index in [1.165, 1.54) is 9.80 Å². The Morgan fingerprint density at radius 1 is 1.18 bits per heavy atom. The third kappa shape index (κ3) is 3.70. The van der Waals surface area contributed by atoms with E-state index in [1.54, 1.807) is 22.7 Å². The van der Waals surface area contributed by atoms with Crippen molar-refractivity contribution in [3.8, 4) is 0 Å². The molecule has 2 atom stereocenters. The van der Waals surface area contributed by atoms with Crippen LogP contribution in [0.15, 0.2) is 18.3 Å². The quantitative estimate of drug-likeness (QED) is 0.683. The molecule has 4 heterocycles. The van der Waals surface area contributed by atoms with Crippen molar-refractivity contribution < 1.29 is 32.3 Å². The zero-order chi connectivity index (χ0) is 24.1. The first kappa shape index (κ1) is 22.0. The lowest BCUT2D eigenvalue weighted by molar-refractivity contribution is -0.117. The number of hydrogen-bond acceptors (Lipinski definition) is 5. The molecular weight excluding hydrogens is 457 g/mol. The minimum absolute atomic E-state index is 0.0781. The molecule has 3 aliphatic heterocycles. The molecule has 1 aromatic heterocycles. The van der Waals surface area contributed by atoms with Gasteiger partial charge < -0.3 is 19.9 Å². The van der Waals surface area contributed by atoms with Gasteiger partial charge >= 0.3 is 12.1 Å². The molecule has 180 valence electrons. The molecule has 1 N–H and O–H groups in total. The monoisotopic (exact) mass is 478 g/mol. The van der Waals surface area contributed by atoms with Gasteiger partial charge in [-0.05, 0) is 6.92 Å². The number of fused-ring (bicyclic) bond motifs is 1. The number of cyclic esters (lactones) is 1. The van der Waals surface area contributed by atoms with Crippen LogP contribution >= 0.6 is 0 Å². The lowest BCUT2D eigenvalue weighted by atomic mass is 10.2. The van der Waals surface area contributed by atoms with Crippen LogP contribution in [-0.2, 0) is 22.6 Å². The maximum absolute atomic E-state index is 13.5. The van der Waals surface area contributed by atoms with Crippen LogP contribution in [0.1, 0.15) is 19.0 Å². The van der Waals surface area contributed by atoms with E-state index in [9.17, 15) is 27.6 Å². The van der Waals surface area contributed by atoms with Crippen molar-refractivity contribution in [2.24, 2.45) is 0 Å². The molecule has 0 bridgehead atoms. The van der Waals surface area contributed by atoms with Crippen LogP contribution in [0, 0.1) is 17.5 Å². The fourth-order valence-electron chi connectivity index (χ4n) is 4.57. The van der Waals surface area contributed by atoms with Crippen LogP contribution < -0.4 is 10.2 Å². The van der Waals surface area contributed by atoms with E-state index in [1.807, 2.05) is 0 Å². The first-order valence-corrected chi connectivity index (χ1v) is 10.7. The van der Waals surface area contributed by atoms with Gasteiger partial charge in [0, 0.05) is 30.8 Å². The van der Waals surface area contributed by atoms with Gasteiger partial charge in [0.15, 0.2) is 17.5 Å². The van der Waals surface area contributed by atoms with Crippen LogP contribution in [0.3, 0.4) is 0 Å². The highest BCUT2D eigenvalue weighted by Crippen LogP contribution is 2.32. The minimum atomic E-state index is -1.62. The Morgan fingerprint density at radius 2 is 1.91 bits per heavy atom. The number of ether oxygens (including phenoxy) is 1. The second-order valence-electron chi connectivity index (χ2n) is 8.49. The third-order valence-electron chi connectivity index (χ3n) is 6.34. The number of urea groups is 1. The van der Waals surface area contributed by atoms with Crippen LogP contribution in [-0.4, -0.2) is 69.4 Å². The second kappa shape index (κ2) is 8.22. The molecule has 0 saturated carbocycles. The van der Waals surface area contributed by atoms with Gasteiger partial charge in [-0.1, -0.05) is 0 Å². The number of nitrogens with one attached hydrogen (secondary N) is 1. The van der Waals surface area contributed by atoms with Crippen LogP contribution in [0.5, 0.6) is 0 Å². The van der Waals surface area contributed by atoms with Gasteiger partial charge in [0.05, 0.1) is 49.3 Å². The Labute approximate surface area is 191 Å². The molecule has 1 unspecified atom stereocenters. The molecule has 10 nitrogen and oxygen atoms in total. The fraction of sp³-hybridized carbons (Fsp3) is 0.429. The van der Waals surface area contributed by atoms with E-state index in [4.69, 9.17) is 4.74 Å². The SMILES string of the molecule is C[C@H]1Cn2ncc(N3CC(N4CCOC4=O)CC3=O)c2CN1C(=O)Nc1cc(F)c(F)c(F)c1. The molecule has 1 aromatic carbocycles. The number of aromatic nitrogens is 2. The lowest BCUT2D eigenvalue weighted by Crippen LogP contribution is -2.47. The summed E-state index contributed by atoms with van der Waals surface area (Å²) in [4.78, 5) is 42.1. The first-order valence-electron chi connectivity index (χ1n) is 10.7. The van der Waals surface area contributed by atoms with Gasteiger partial charge in [-0.2, -0.15) is 5.10 Å². The van der Waals surface area contributed by atoms with E-state index in [2.05, 4.69) is 10.4 Å². The average molecular weight is 478 g/mol. The molecule has 4 amide bonds. The van der Waals surface area contributed by atoms with Gasteiger partial charge in [-0.3, -0.25) is 14.4 Å². The summed E-state index contributed by atoms with van der Waals surface area (Å²) in [5, 5.41) is 6.75. The smallest absolute Gasteiger partial charge is 0.410 e. The number of carbonyl (C=O) groups is 3. The molecule has 0 radical (unpaired) electrons. The third-order valence-corrected chi connectivity index (χ3v) is 6.34. The highest BCUT2D eigenvalue weighted by molar-refractivity contribution is 5.97.